The first-order valence-corrected chi connectivity index (χ1v) is 11.5. The number of benzene rings is 1. The number of nitrogens with zero attached hydrogens (tertiary/aromatic N) is 2. The summed E-state index contributed by atoms with van der Waals surface area (Å²) in [7, 11) is -0.730. The zero-order chi connectivity index (χ0) is 23.0. The maximum Gasteiger partial charge on any atom is 0.232 e. The molecule has 0 radical (unpaired) electrons. The van der Waals surface area contributed by atoms with Crippen LogP contribution >= 0.6 is 0 Å². The predicted octanol–water partition coefficient (Wildman–Crippen LogP) is 3.95. The van der Waals surface area contributed by atoms with Crippen LogP contribution in [0.2, 0.25) is 0 Å². The first kappa shape index (κ1) is 24.4. The van der Waals surface area contributed by atoms with E-state index in [2.05, 4.69) is 15.0 Å². The Morgan fingerprint density at radius 2 is 1.97 bits per heavy atom. The van der Waals surface area contributed by atoms with Gasteiger partial charge in [-0.3, -0.25) is 9.71 Å². The minimum Gasteiger partial charge on any atom is -0.495 e. The van der Waals surface area contributed by atoms with Gasteiger partial charge < -0.3 is 15.0 Å². The quantitative estimate of drug-likeness (QED) is 0.535. The van der Waals surface area contributed by atoms with Gasteiger partial charge in [-0.1, -0.05) is 13.8 Å². The molecule has 2 N–H and O–H groups in total. The van der Waals surface area contributed by atoms with E-state index in [4.69, 9.17) is 4.74 Å². The zero-order valence-electron chi connectivity index (χ0n) is 18.1. The van der Waals surface area contributed by atoms with Crippen molar-refractivity contribution in [3.8, 4) is 5.75 Å². The lowest BCUT2D eigenvalue weighted by Crippen LogP contribution is -2.21. The maximum absolute atomic E-state index is 15.1. The third-order valence-corrected chi connectivity index (χ3v) is 5.78. The van der Waals surface area contributed by atoms with E-state index in [0.29, 0.717) is 30.0 Å². The second kappa shape index (κ2) is 10.9. The van der Waals surface area contributed by atoms with Gasteiger partial charge in [-0.25, -0.2) is 17.2 Å². The molecule has 1 heterocycles. The van der Waals surface area contributed by atoms with Crippen LogP contribution < -0.4 is 19.7 Å². The Bertz CT molecular complexity index is 1030. The molecule has 0 fully saturated rings. The van der Waals surface area contributed by atoms with Crippen LogP contribution in [0.5, 0.6) is 5.75 Å². The van der Waals surface area contributed by atoms with Gasteiger partial charge in [0.05, 0.1) is 30.4 Å². The Morgan fingerprint density at radius 3 is 2.61 bits per heavy atom. The third kappa shape index (κ3) is 6.55. The van der Waals surface area contributed by atoms with Crippen molar-refractivity contribution in [2.24, 2.45) is 0 Å². The van der Waals surface area contributed by atoms with E-state index in [-0.39, 0.29) is 17.1 Å². The molecule has 1 aromatic heterocycles. The summed E-state index contributed by atoms with van der Waals surface area (Å²) in [5.74, 6) is -1.46. The number of rotatable bonds is 11. The molecule has 0 saturated heterocycles. The number of hydrogen-bond donors (Lipinski definition) is 2. The van der Waals surface area contributed by atoms with Crippen molar-refractivity contribution in [3.63, 3.8) is 0 Å². The van der Waals surface area contributed by atoms with E-state index >= 15 is 4.39 Å². The molecule has 0 aliphatic carbocycles. The summed E-state index contributed by atoms with van der Waals surface area (Å²) in [5.41, 5.74) is 0.548. The van der Waals surface area contributed by atoms with Gasteiger partial charge >= 0.3 is 0 Å². The average molecular weight is 455 g/mol. The molecule has 1 aromatic carbocycles. The molecule has 31 heavy (non-hydrogen) atoms. The zero-order valence-corrected chi connectivity index (χ0v) is 18.9. The van der Waals surface area contributed by atoms with Crippen molar-refractivity contribution < 1.29 is 21.9 Å². The molecule has 2 rings (SSSR count). The average Bonchev–Trinajstić information content (AvgIpc) is 2.73. The number of pyridine rings is 1. The van der Waals surface area contributed by atoms with Gasteiger partial charge in [-0.05, 0) is 31.0 Å². The lowest BCUT2D eigenvalue weighted by molar-refractivity contribution is 0.412. The van der Waals surface area contributed by atoms with E-state index in [1.807, 2.05) is 6.92 Å². The van der Waals surface area contributed by atoms with Gasteiger partial charge in [0.15, 0.2) is 5.82 Å². The summed E-state index contributed by atoms with van der Waals surface area (Å²) >= 11 is 0. The van der Waals surface area contributed by atoms with Gasteiger partial charge in [0, 0.05) is 31.6 Å². The maximum atomic E-state index is 15.1. The molecule has 2 aromatic rings. The fourth-order valence-electron chi connectivity index (χ4n) is 2.85. The molecule has 170 valence electrons. The van der Waals surface area contributed by atoms with Gasteiger partial charge in [0.1, 0.15) is 17.3 Å². The van der Waals surface area contributed by atoms with Crippen molar-refractivity contribution in [1.82, 2.24) is 10.3 Å². The van der Waals surface area contributed by atoms with Crippen molar-refractivity contribution in [3.05, 3.63) is 54.0 Å². The van der Waals surface area contributed by atoms with Crippen LogP contribution in [0.25, 0.3) is 5.70 Å². The van der Waals surface area contributed by atoms with E-state index in [0.717, 1.165) is 18.6 Å². The number of aromatic nitrogens is 1. The summed E-state index contributed by atoms with van der Waals surface area (Å²) in [6.45, 7) is 4.31. The Morgan fingerprint density at radius 1 is 1.23 bits per heavy atom. The standard InChI is InChI=1S/C21H28F2N4O3S/c1-5-9-25-19(15-11-16(30-4)13-24-12-15)14-27(3)21-17(22)7-8-18(20(21)23)26-31(28,29)10-6-2/h7-8,11-14,25-26H,5-6,9-10H2,1-4H3/b19-14-. The van der Waals surface area contributed by atoms with Gasteiger partial charge in [-0.15, -0.1) is 0 Å². The van der Waals surface area contributed by atoms with Crippen LogP contribution in [0.1, 0.15) is 32.3 Å². The van der Waals surface area contributed by atoms with Crippen molar-refractivity contribution in [2.75, 3.05) is 36.1 Å². The molecule has 0 saturated carbocycles. The number of hydrogen-bond acceptors (Lipinski definition) is 6. The SMILES string of the molecule is CCCN/C(=C\N(C)c1c(F)ccc(NS(=O)(=O)CCC)c1F)c1cncc(OC)c1. The molecule has 7 nitrogen and oxygen atoms in total. The Hall–Kier alpha value is -2.88. The van der Waals surface area contributed by atoms with Gasteiger partial charge in [0.2, 0.25) is 10.0 Å². The lowest BCUT2D eigenvalue weighted by atomic mass is 10.2. The van der Waals surface area contributed by atoms with E-state index in [9.17, 15) is 12.8 Å². The molecule has 0 bridgehead atoms. The van der Waals surface area contributed by atoms with Crippen LogP contribution in [0.4, 0.5) is 20.2 Å². The molecular weight excluding hydrogens is 426 g/mol. The molecule has 0 atom stereocenters. The summed E-state index contributed by atoms with van der Waals surface area (Å²) in [4.78, 5) is 5.39. The Balaban J connectivity index is 2.47. The smallest absolute Gasteiger partial charge is 0.232 e. The van der Waals surface area contributed by atoms with Crippen LogP contribution in [-0.2, 0) is 10.0 Å². The van der Waals surface area contributed by atoms with Crippen LogP contribution in [0.15, 0.2) is 36.8 Å². The largest absolute Gasteiger partial charge is 0.495 e. The lowest BCUT2D eigenvalue weighted by Gasteiger charge is -2.21. The number of methoxy groups -OCH3 is 1. The third-order valence-electron chi connectivity index (χ3n) is 4.31. The number of anilines is 2. The first-order valence-electron chi connectivity index (χ1n) is 9.88. The van der Waals surface area contributed by atoms with Crippen molar-refractivity contribution >= 4 is 27.1 Å². The van der Waals surface area contributed by atoms with Crippen molar-refractivity contribution in [2.45, 2.75) is 26.7 Å². The van der Waals surface area contributed by atoms with Crippen LogP contribution in [-0.4, -0.2) is 39.9 Å². The van der Waals surface area contributed by atoms with Crippen molar-refractivity contribution in [1.29, 1.82) is 0 Å². The fourth-order valence-corrected chi connectivity index (χ4v) is 3.98. The highest BCUT2D eigenvalue weighted by molar-refractivity contribution is 7.92. The molecule has 0 amide bonds. The Kier molecular flexibility index (Phi) is 8.61. The second-order valence-electron chi connectivity index (χ2n) is 6.87. The monoisotopic (exact) mass is 454 g/mol. The second-order valence-corrected chi connectivity index (χ2v) is 8.71. The highest BCUT2D eigenvalue weighted by atomic mass is 32.2. The summed E-state index contributed by atoms with van der Waals surface area (Å²) in [6.07, 6.45) is 5.88. The highest BCUT2D eigenvalue weighted by Crippen LogP contribution is 2.30. The molecular formula is C21H28F2N4O3S. The number of halogens is 2. The Labute approximate surface area is 182 Å². The van der Waals surface area contributed by atoms with Gasteiger partial charge in [-0.2, -0.15) is 0 Å². The molecule has 10 heteroatoms. The normalized spacial score (nSPS) is 11.9. The number of nitrogens with one attached hydrogen (secondary N) is 2. The number of ether oxygens (including phenoxy) is 1. The predicted molar refractivity (Wildman–Crippen MR) is 120 cm³/mol. The van der Waals surface area contributed by atoms with Crippen LogP contribution in [0, 0.1) is 11.6 Å². The van der Waals surface area contributed by atoms with Gasteiger partial charge in [0.25, 0.3) is 0 Å². The minimum atomic E-state index is -3.73. The summed E-state index contributed by atoms with van der Waals surface area (Å²) < 4.78 is 61.1. The summed E-state index contributed by atoms with van der Waals surface area (Å²) in [6, 6.07) is 3.84. The first-order chi connectivity index (χ1) is 14.7. The van der Waals surface area contributed by atoms with E-state index in [1.54, 1.807) is 25.4 Å². The topological polar surface area (TPSA) is 83.6 Å². The highest BCUT2D eigenvalue weighted by Gasteiger charge is 2.20. The molecule has 0 aliphatic heterocycles. The molecule has 0 aliphatic rings. The summed E-state index contributed by atoms with van der Waals surface area (Å²) in [5, 5.41) is 3.21. The minimum absolute atomic E-state index is 0.164. The molecule has 0 unspecified atom stereocenters. The van der Waals surface area contributed by atoms with Crippen LogP contribution in [0.3, 0.4) is 0 Å². The molecule has 0 spiro atoms. The van der Waals surface area contributed by atoms with E-state index < -0.39 is 21.7 Å². The van der Waals surface area contributed by atoms with E-state index in [1.165, 1.54) is 25.3 Å². The number of sulfonamides is 1. The fraction of sp³-hybridized carbons (Fsp3) is 0.381.